The number of hydrogen-bond acceptors (Lipinski definition) is 3. The van der Waals surface area contributed by atoms with Gasteiger partial charge < -0.3 is 15.4 Å². The van der Waals surface area contributed by atoms with E-state index in [4.69, 9.17) is 10.5 Å². The Labute approximate surface area is 118 Å². The molecule has 114 valence electrons. The number of hydrogen-bond donors (Lipinski definition) is 1. The summed E-state index contributed by atoms with van der Waals surface area (Å²) in [4.78, 5) is 13.8. The fourth-order valence-electron chi connectivity index (χ4n) is 2.27. The molecule has 0 bridgehead atoms. The molecule has 0 aliphatic carbocycles. The smallest absolute Gasteiger partial charge is 0.222 e. The van der Waals surface area contributed by atoms with E-state index in [-0.39, 0.29) is 11.3 Å². The SMILES string of the molecule is COCCCN(C)C(=O)CCC(CCN)C(C)(C)C. The monoisotopic (exact) mass is 272 g/mol. The number of nitrogens with two attached hydrogens (primary N) is 1. The minimum Gasteiger partial charge on any atom is -0.385 e. The van der Waals surface area contributed by atoms with Gasteiger partial charge in [0.05, 0.1) is 0 Å². The lowest BCUT2D eigenvalue weighted by Crippen LogP contribution is -2.30. The molecule has 2 N–H and O–H groups in total. The summed E-state index contributed by atoms with van der Waals surface area (Å²) in [6, 6.07) is 0. The van der Waals surface area contributed by atoms with E-state index in [1.807, 2.05) is 7.05 Å². The second-order valence-electron chi connectivity index (χ2n) is 6.34. The highest BCUT2D eigenvalue weighted by Gasteiger charge is 2.24. The fourth-order valence-corrected chi connectivity index (χ4v) is 2.27. The topological polar surface area (TPSA) is 55.6 Å². The molecule has 0 radical (unpaired) electrons. The van der Waals surface area contributed by atoms with Crippen LogP contribution in [0.4, 0.5) is 0 Å². The van der Waals surface area contributed by atoms with E-state index in [0.717, 1.165) is 25.8 Å². The summed E-state index contributed by atoms with van der Waals surface area (Å²) >= 11 is 0. The van der Waals surface area contributed by atoms with Gasteiger partial charge >= 0.3 is 0 Å². The Morgan fingerprint density at radius 1 is 1.32 bits per heavy atom. The molecule has 0 aliphatic rings. The molecule has 19 heavy (non-hydrogen) atoms. The van der Waals surface area contributed by atoms with Gasteiger partial charge in [-0.2, -0.15) is 0 Å². The Balaban J connectivity index is 4.10. The average molecular weight is 272 g/mol. The Bertz CT molecular complexity index is 249. The highest BCUT2D eigenvalue weighted by molar-refractivity contribution is 5.75. The zero-order valence-corrected chi connectivity index (χ0v) is 13.4. The molecule has 1 atom stereocenters. The molecule has 0 fully saturated rings. The minimum absolute atomic E-state index is 0.217. The zero-order valence-electron chi connectivity index (χ0n) is 13.4. The van der Waals surface area contributed by atoms with Crippen LogP contribution in [0.25, 0.3) is 0 Å². The van der Waals surface area contributed by atoms with Gasteiger partial charge in [-0.05, 0) is 37.1 Å². The van der Waals surface area contributed by atoms with Gasteiger partial charge in [-0.15, -0.1) is 0 Å². The number of rotatable bonds is 9. The number of amides is 1. The Morgan fingerprint density at radius 3 is 2.42 bits per heavy atom. The van der Waals surface area contributed by atoms with Gasteiger partial charge in [-0.3, -0.25) is 4.79 Å². The predicted molar refractivity (Wildman–Crippen MR) is 80.0 cm³/mol. The third-order valence-corrected chi connectivity index (χ3v) is 3.71. The maximum atomic E-state index is 12.0. The highest BCUT2D eigenvalue weighted by atomic mass is 16.5. The molecule has 0 rings (SSSR count). The van der Waals surface area contributed by atoms with Crippen molar-refractivity contribution in [3.8, 4) is 0 Å². The Hall–Kier alpha value is -0.610. The fraction of sp³-hybridized carbons (Fsp3) is 0.933. The van der Waals surface area contributed by atoms with E-state index in [2.05, 4.69) is 20.8 Å². The van der Waals surface area contributed by atoms with Crippen molar-refractivity contribution in [3.63, 3.8) is 0 Å². The molecule has 1 amide bonds. The van der Waals surface area contributed by atoms with E-state index >= 15 is 0 Å². The van der Waals surface area contributed by atoms with E-state index in [1.54, 1.807) is 12.0 Å². The van der Waals surface area contributed by atoms with Crippen LogP contribution in [0.2, 0.25) is 0 Å². The quantitative estimate of drug-likeness (QED) is 0.655. The summed E-state index contributed by atoms with van der Waals surface area (Å²) in [6.07, 6.45) is 3.42. The van der Waals surface area contributed by atoms with Gasteiger partial charge in [0.2, 0.25) is 5.91 Å². The van der Waals surface area contributed by atoms with E-state index in [9.17, 15) is 4.79 Å². The number of carbonyl (C=O) groups excluding carboxylic acids is 1. The lowest BCUT2D eigenvalue weighted by Gasteiger charge is -2.31. The molecule has 4 nitrogen and oxygen atoms in total. The molecule has 0 saturated carbocycles. The third-order valence-electron chi connectivity index (χ3n) is 3.71. The first-order valence-corrected chi connectivity index (χ1v) is 7.26. The molecule has 0 saturated heterocycles. The first-order chi connectivity index (χ1) is 8.82. The molecule has 0 heterocycles. The van der Waals surface area contributed by atoms with Crippen LogP contribution >= 0.6 is 0 Å². The first-order valence-electron chi connectivity index (χ1n) is 7.26. The van der Waals surface area contributed by atoms with Crippen molar-refractivity contribution < 1.29 is 9.53 Å². The first kappa shape index (κ1) is 18.4. The van der Waals surface area contributed by atoms with Gasteiger partial charge in [0.1, 0.15) is 0 Å². The zero-order chi connectivity index (χ0) is 14.9. The lowest BCUT2D eigenvalue weighted by atomic mass is 9.76. The summed E-state index contributed by atoms with van der Waals surface area (Å²) in [6.45, 7) is 8.83. The average Bonchev–Trinajstić information content (AvgIpc) is 2.32. The Morgan fingerprint density at radius 2 is 1.95 bits per heavy atom. The maximum absolute atomic E-state index is 12.0. The number of ether oxygens (including phenoxy) is 1. The molecule has 0 aromatic heterocycles. The molecule has 0 aromatic carbocycles. The van der Waals surface area contributed by atoms with Crippen LogP contribution < -0.4 is 5.73 Å². The summed E-state index contributed by atoms with van der Waals surface area (Å²) in [7, 11) is 3.55. The van der Waals surface area contributed by atoms with Crippen LogP contribution in [0.3, 0.4) is 0 Å². The van der Waals surface area contributed by atoms with Crippen LogP contribution in [-0.4, -0.2) is 44.7 Å². The second kappa shape index (κ2) is 9.32. The minimum atomic E-state index is 0.217. The summed E-state index contributed by atoms with van der Waals surface area (Å²) in [5.41, 5.74) is 5.88. The standard InChI is InChI=1S/C15H32N2O2/c1-15(2,3)13(9-10-16)7-8-14(18)17(4)11-6-12-19-5/h13H,6-12,16H2,1-5H3. The van der Waals surface area contributed by atoms with Crippen molar-refractivity contribution in [3.05, 3.63) is 0 Å². The van der Waals surface area contributed by atoms with Crippen molar-refractivity contribution in [2.24, 2.45) is 17.1 Å². The van der Waals surface area contributed by atoms with Crippen LogP contribution in [0.5, 0.6) is 0 Å². The molecule has 0 aliphatic heterocycles. The highest BCUT2D eigenvalue weighted by Crippen LogP contribution is 2.32. The number of methoxy groups -OCH3 is 1. The molecule has 0 aromatic rings. The van der Waals surface area contributed by atoms with Gasteiger partial charge in [-0.1, -0.05) is 20.8 Å². The van der Waals surface area contributed by atoms with Crippen LogP contribution in [0.15, 0.2) is 0 Å². The largest absolute Gasteiger partial charge is 0.385 e. The van der Waals surface area contributed by atoms with Crippen molar-refractivity contribution >= 4 is 5.91 Å². The predicted octanol–water partition coefficient (Wildman–Crippen LogP) is 2.27. The third kappa shape index (κ3) is 8.22. The molecule has 0 spiro atoms. The van der Waals surface area contributed by atoms with Crippen molar-refractivity contribution in [1.29, 1.82) is 0 Å². The van der Waals surface area contributed by atoms with Crippen molar-refractivity contribution in [2.75, 3.05) is 33.9 Å². The van der Waals surface area contributed by atoms with Gasteiger partial charge in [0, 0.05) is 33.7 Å². The van der Waals surface area contributed by atoms with E-state index in [1.165, 1.54) is 0 Å². The van der Waals surface area contributed by atoms with Crippen LogP contribution in [0.1, 0.15) is 46.5 Å². The second-order valence-corrected chi connectivity index (χ2v) is 6.34. The van der Waals surface area contributed by atoms with E-state index in [0.29, 0.717) is 25.5 Å². The summed E-state index contributed by atoms with van der Waals surface area (Å²) < 4.78 is 4.99. The molecular formula is C15H32N2O2. The lowest BCUT2D eigenvalue weighted by molar-refractivity contribution is -0.130. The van der Waals surface area contributed by atoms with Crippen LogP contribution in [0, 0.1) is 11.3 Å². The van der Waals surface area contributed by atoms with E-state index < -0.39 is 0 Å². The van der Waals surface area contributed by atoms with Gasteiger partial charge in [0.25, 0.3) is 0 Å². The van der Waals surface area contributed by atoms with Gasteiger partial charge in [-0.25, -0.2) is 0 Å². The molecule has 4 heteroatoms. The molecule has 1 unspecified atom stereocenters. The van der Waals surface area contributed by atoms with Crippen LogP contribution in [-0.2, 0) is 9.53 Å². The number of carbonyl (C=O) groups is 1. The van der Waals surface area contributed by atoms with Crippen molar-refractivity contribution in [2.45, 2.75) is 46.5 Å². The maximum Gasteiger partial charge on any atom is 0.222 e. The number of nitrogens with zero attached hydrogens (tertiary/aromatic N) is 1. The summed E-state index contributed by atoms with van der Waals surface area (Å²) in [5, 5.41) is 0. The normalized spacial score (nSPS) is 13.4. The Kier molecular flexibility index (Phi) is 9.02. The summed E-state index contributed by atoms with van der Waals surface area (Å²) in [5.74, 6) is 0.733. The molecular weight excluding hydrogens is 240 g/mol. The van der Waals surface area contributed by atoms with Gasteiger partial charge in [0.15, 0.2) is 0 Å². The van der Waals surface area contributed by atoms with Crippen molar-refractivity contribution in [1.82, 2.24) is 4.90 Å².